The van der Waals surface area contributed by atoms with Crippen molar-refractivity contribution in [2.45, 2.75) is 152 Å². The van der Waals surface area contributed by atoms with Crippen LogP contribution in [0.4, 0.5) is 22.2 Å². The van der Waals surface area contributed by atoms with E-state index in [0.717, 1.165) is 55.3 Å². The number of carbonyl (C=O) groups excluding carboxylic acids is 5. The van der Waals surface area contributed by atoms with Crippen molar-refractivity contribution in [3.05, 3.63) is 83.2 Å². The number of fused-ring (bicyclic) bond motifs is 2. The molecular formula is C56H73N13O9S. The van der Waals surface area contributed by atoms with Gasteiger partial charge in [0.15, 0.2) is 21.8 Å². The third kappa shape index (κ3) is 12.6. The molecule has 2 aliphatic carbocycles. The Labute approximate surface area is 460 Å². The Balaban J connectivity index is 0.856. The lowest BCUT2D eigenvalue weighted by Crippen LogP contribution is -2.58. The van der Waals surface area contributed by atoms with E-state index in [0.29, 0.717) is 67.1 Å². The molecule has 4 aliphatic rings. The number of benzene rings is 2. The van der Waals surface area contributed by atoms with E-state index in [4.69, 9.17) is 9.47 Å². The first kappa shape index (κ1) is 56.3. The molecule has 3 fully saturated rings. The first-order valence-electron chi connectivity index (χ1n) is 27.5. The van der Waals surface area contributed by atoms with Gasteiger partial charge in [0.25, 0.3) is 11.8 Å². The summed E-state index contributed by atoms with van der Waals surface area (Å²) in [5, 5.41) is 22.5. The van der Waals surface area contributed by atoms with Gasteiger partial charge in [-0.05, 0) is 122 Å². The van der Waals surface area contributed by atoms with E-state index >= 15 is 0 Å². The van der Waals surface area contributed by atoms with Crippen LogP contribution < -0.4 is 36.2 Å². The van der Waals surface area contributed by atoms with Crippen LogP contribution >= 0.6 is 0 Å². The summed E-state index contributed by atoms with van der Waals surface area (Å²) in [6, 6.07) is 8.40. The summed E-state index contributed by atoms with van der Waals surface area (Å²) in [7, 11) is -2.50. The number of H-pyrrole nitrogens is 1. The number of alkyl carbamates (subject to hydrolysis) is 1. The van der Waals surface area contributed by atoms with Gasteiger partial charge in [-0.2, -0.15) is 5.10 Å². The largest absolute Gasteiger partial charge is 0.492 e. The molecule has 2 aliphatic heterocycles. The fourth-order valence-corrected chi connectivity index (χ4v) is 12.4. The minimum Gasteiger partial charge on any atom is -0.492 e. The van der Waals surface area contributed by atoms with Crippen LogP contribution in [0.5, 0.6) is 5.75 Å². The van der Waals surface area contributed by atoms with Crippen molar-refractivity contribution in [2.24, 2.45) is 11.8 Å². The van der Waals surface area contributed by atoms with Crippen LogP contribution in [-0.4, -0.2) is 135 Å². The van der Waals surface area contributed by atoms with Gasteiger partial charge in [0.2, 0.25) is 11.8 Å². The highest BCUT2D eigenvalue weighted by Crippen LogP contribution is 2.39. The van der Waals surface area contributed by atoms with Gasteiger partial charge in [-0.15, -0.1) is 0 Å². The number of sulfone groups is 1. The molecule has 22 nitrogen and oxygen atoms in total. The molecule has 2 aromatic carbocycles. The van der Waals surface area contributed by atoms with Crippen molar-refractivity contribution < 1.29 is 41.9 Å². The second-order valence-corrected chi connectivity index (χ2v) is 25.0. The number of nitrogens with zero attached hydrogens (tertiary/aromatic N) is 7. The average Bonchev–Trinajstić information content (AvgIpc) is 4.14. The van der Waals surface area contributed by atoms with E-state index in [2.05, 4.69) is 67.7 Å². The molecule has 23 heteroatoms. The Hall–Kier alpha value is -7.43. The molecule has 2 unspecified atom stereocenters. The van der Waals surface area contributed by atoms with Gasteiger partial charge >= 0.3 is 6.09 Å². The second-order valence-electron chi connectivity index (χ2n) is 22.3. The lowest BCUT2D eigenvalue weighted by Gasteiger charge is -2.35. The number of ether oxygens (including phenoxy) is 2. The Kier molecular flexibility index (Phi) is 17.0. The number of amides is 5. The minimum absolute atomic E-state index is 0.00489. The van der Waals surface area contributed by atoms with E-state index in [9.17, 15) is 32.4 Å². The standard InChI is InChI=1S/C56H73N13O9S/c1-32-33(2)66-67-49(32)65-50-40-25-46(79(75,76)56(4,5)6)45(26-42(40)60-31-61-50)77-30-35-20-22-68(23-21-35)47-28-58-43(27-59-47)52(71)62-38-24-44(53(72)63-41-19-13-17-36-14-11-12-18-39(36)41)69(29-38)54(73)48(37-15-9-8-10-16-37)64-51(70)34(3)78-55(74)57-7/h11-12,14,18,25-28,31,34-35,37-38,41,44,48H,8-10,13,15-17,19-24,29-30H2,1-7H3,(H,57,74)(H,62,71)(H,63,72)(H,64,70)(H2,60,61,65,66,67)/t34?,38-,41+,44-,48?/m0/s1. The predicted octanol–water partition coefficient (Wildman–Crippen LogP) is 6.07. The molecular weight excluding hydrogens is 1030 g/mol. The summed E-state index contributed by atoms with van der Waals surface area (Å²) in [5.74, 6) is -0.271. The molecule has 79 heavy (non-hydrogen) atoms. The van der Waals surface area contributed by atoms with Crippen molar-refractivity contribution in [3.8, 4) is 5.75 Å². The number of aryl methyl sites for hydroxylation is 2. The summed E-state index contributed by atoms with van der Waals surface area (Å²) >= 11 is 0. The van der Waals surface area contributed by atoms with Gasteiger partial charge in [0, 0.05) is 55.4 Å². The highest BCUT2D eigenvalue weighted by atomic mass is 32.2. The Morgan fingerprint density at radius 3 is 2.34 bits per heavy atom. The van der Waals surface area contributed by atoms with E-state index in [1.807, 2.05) is 32.0 Å². The summed E-state index contributed by atoms with van der Waals surface area (Å²) in [5.41, 5.74) is 4.57. The maximum atomic E-state index is 14.9. The number of hydrogen-bond donors (Lipinski definition) is 6. The van der Waals surface area contributed by atoms with Crippen molar-refractivity contribution in [1.29, 1.82) is 0 Å². The van der Waals surface area contributed by atoms with Gasteiger partial charge in [-0.25, -0.2) is 33.1 Å². The fraction of sp³-hybridized carbons (Fsp3) is 0.536. The van der Waals surface area contributed by atoms with Crippen molar-refractivity contribution in [3.63, 3.8) is 0 Å². The molecule has 3 aromatic heterocycles. The predicted molar refractivity (Wildman–Crippen MR) is 295 cm³/mol. The highest BCUT2D eigenvalue weighted by Gasteiger charge is 2.46. The fourth-order valence-electron chi connectivity index (χ4n) is 11.1. The molecule has 6 N–H and O–H groups in total. The monoisotopic (exact) mass is 1100 g/mol. The number of hydrogen-bond acceptors (Lipinski definition) is 16. The summed E-state index contributed by atoms with van der Waals surface area (Å²) in [6.07, 6.45) is 10.6. The number of likely N-dealkylation sites (tertiary alicyclic amines) is 1. The highest BCUT2D eigenvalue weighted by molar-refractivity contribution is 7.92. The zero-order valence-corrected chi connectivity index (χ0v) is 46.9. The smallest absolute Gasteiger partial charge is 0.407 e. The van der Waals surface area contributed by atoms with Crippen LogP contribution in [-0.2, 0) is 35.4 Å². The van der Waals surface area contributed by atoms with Crippen LogP contribution in [0.15, 0.2) is 60.0 Å². The number of aromatic amines is 1. The van der Waals surface area contributed by atoms with Crippen molar-refractivity contribution in [2.75, 3.05) is 43.5 Å². The van der Waals surface area contributed by atoms with Gasteiger partial charge in [-0.3, -0.25) is 24.3 Å². The van der Waals surface area contributed by atoms with E-state index in [1.165, 1.54) is 37.0 Å². The lowest BCUT2D eigenvalue weighted by atomic mass is 9.83. The Bertz CT molecular complexity index is 3170. The molecule has 9 rings (SSSR count). The zero-order valence-electron chi connectivity index (χ0n) is 46.1. The Morgan fingerprint density at radius 2 is 1.65 bits per heavy atom. The summed E-state index contributed by atoms with van der Waals surface area (Å²) in [6.45, 7) is 11.7. The Morgan fingerprint density at radius 1 is 0.886 bits per heavy atom. The molecule has 5 heterocycles. The molecule has 0 radical (unpaired) electrons. The van der Waals surface area contributed by atoms with Crippen LogP contribution in [0.1, 0.15) is 131 Å². The first-order chi connectivity index (χ1) is 37.8. The molecule has 0 bridgehead atoms. The van der Waals surface area contributed by atoms with Crippen LogP contribution in [0, 0.1) is 25.7 Å². The van der Waals surface area contributed by atoms with Gasteiger partial charge in [-0.1, -0.05) is 43.5 Å². The number of nitrogens with one attached hydrogen (secondary N) is 6. The molecule has 0 spiro atoms. The number of aromatic nitrogens is 6. The molecule has 2 saturated heterocycles. The second kappa shape index (κ2) is 23.9. The van der Waals surface area contributed by atoms with Crippen LogP contribution in [0.25, 0.3) is 10.9 Å². The molecule has 5 aromatic rings. The topological polar surface area (TPSA) is 285 Å². The number of rotatable bonds is 16. The molecule has 5 amide bonds. The molecule has 1 saturated carbocycles. The average molecular weight is 1100 g/mol. The third-order valence-corrected chi connectivity index (χ3v) is 18.5. The number of carbonyl (C=O) groups is 5. The molecule has 5 atom stereocenters. The number of anilines is 3. The van der Waals surface area contributed by atoms with Crippen molar-refractivity contribution in [1.82, 2.24) is 56.3 Å². The van der Waals surface area contributed by atoms with Crippen LogP contribution in [0.2, 0.25) is 0 Å². The van der Waals surface area contributed by atoms with Crippen molar-refractivity contribution >= 4 is 67.9 Å². The van der Waals surface area contributed by atoms with Gasteiger partial charge in [0.1, 0.15) is 46.4 Å². The van der Waals surface area contributed by atoms with Crippen LogP contribution in [0.3, 0.4) is 0 Å². The number of piperidine rings is 1. The third-order valence-electron chi connectivity index (χ3n) is 16.0. The van der Waals surface area contributed by atoms with Gasteiger partial charge in [0.05, 0.1) is 35.3 Å². The van der Waals surface area contributed by atoms with E-state index < -0.39 is 62.6 Å². The first-order valence-corrected chi connectivity index (χ1v) is 29.0. The molecule has 422 valence electrons. The van der Waals surface area contributed by atoms with E-state index in [-0.39, 0.29) is 59.7 Å². The SMILES string of the molecule is CNC(=O)OC(C)C(=O)NC(C(=O)N1C[C@@H](NC(=O)c2cnc(N3CCC(COc4cc5ncnc(Nc6n[nH]c(C)c6C)c5cc4S(=O)(=O)C(C)(C)C)CC3)cn2)C[C@H]1C(=O)N[C@@H]1CCCc2ccccc21)C1CCCCC1. The maximum absolute atomic E-state index is 14.9. The zero-order chi connectivity index (χ0) is 56.2. The quantitative estimate of drug-likeness (QED) is 0.0653. The normalized spacial score (nSPS) is 19.9. The maximum Gasteiger partial charge on any atom is 0.407 e. The van der Waals surface area contributed by atoms with E-state index in [1.54, 1.807) is 39.1 Å². The minimum atomic E-state index is -3.89. The summed E-state index contributed by atoms with van der Waals surface area (Å²) < 4.78 is 38.7. The van der Waals surface area contributed by atoms with Gasteiger partial charge < -0.3 is 45.9 Å². The lowest BCUT2D eigenvalue weighted by molar-refractivity contribution is -0.144. The summed E-state index contributed by atoms with van der Waals surface area (Å²) in [4.78, 5) is 90.6.